The van der Waals surface area contributed by atoms with Gasteiger partial charge in [0.05, 0.1) is 33.7 Å². The molecular weight excluding hydrogens is 453 g/mol. The molecule has 29 heavy (non-hydrogen) atoms. The summed E-state index contributed by atoms with van der Waals surface area (Å²) in [5.74, 6) is 0.160. The van der Waals surface area contributed by atoms with Crippen molar-refractivity contribution in [1.82, 2.24) is 0 Å². The maximum absolute atomic E-state index is 13.0. The summed E-state index contributed by atoms with van der Waals surface area (Å²) in [6, 6.07) is 10.0. The molecule has 0 bridgehead atoms. The van der Waals surface area contributed by atoms with E-state index in [9.17, 15) is 9.59 Å². The predicted octanol–water partition coefficient (Wildman–Crippen LogP) is 5.51. The van der Waals surface area contributed by atoms with E-state index in [1.807, 2.05) is 0 Å². The molecule has 5 nitrogen and oxygen atoms in total. The van der Waals surface area contributed by atoms with Gasteiger partial charge in [0.15, 0.2) is 15.3 Å². The molecular formula is C20H11Cl2NO4S2. The van der Waals surface area contributed by atoms with Crippen LogP contribution in [0, 0.1) is 0 Å². The third kappa shape index (κ3) is 3.55. The zero-order chi connectivity index (χ0) is 20.7. The van der Waals surface area contributed by atoms with Gasteiger partial charge in [-0.05, 0) is 30.3 Å². The third-order valence-electron chi connectivity index (χ3n) is 4.23. The van der Waals surface area contributed by atoms with E-state index in [1.54, 1.807) is 24.3 Å². The lowest BCUT2D eigenvalue weighted by Gasteiger charge is -2.17. The van der Waals surface area contributed by atoms with Crippen LogP contribution in [0.4, 0.5) is 5.69 Å². The number of carbonyl (C=O) groups excluding carboxylic acids is 1. The second kappa shape index (κ2) is 7.84. The van der Waals surface area contributed by atoms with E-state index < -0.39 is 0 Å². The van der Waals surface area contributed by atoms with Crippen molar-refractivity contribution in [2.45, 2.75) is 0 Å². The number of ether oxygens (including phenoxy) is 1. The number of halogens is 2. The molecule has 0 atom stereocenters. The summed E-state index contributed by atoms with van der Waals surface area (Å²) in [4.78, 5) is 27.5. The number of anilines is 1. The normalized spacial score (nSPS) is 15.6. The average Bonchev–Trinajstić information content (AvgIpc) is 2.97. The SMILES string of the molecule is COc1ccccc1N1C(=O)/C(=C/c2coc3c(Cl)cc(Cl)cc3c2=O)SC1=S. The van der Waals surface area contributed by atoms with Gasteiger partial charge in [0.1, 0.15) is 12.0 Å². The molecule has 9 heteroatoms. The molecule has 0 radical (unpaired) electrons. The maximum atomic E-state index is 13.0. The van der Waals surface area contributed by atoms with Crippen LogP contribution in [0.25, 0.3) is 17.0 Å². The molecule has 0 saturated carbocycles. The van der Waals surface area contributed by atoms with Crippen molar-refractivity contribution in [1.29, 1.82) is 0 Å². The molecule has 1 amide bonds. The molecule has 0 N–H and O–H groups in total. The van der Waals surface area contributed by atoms with Crippen molar-refractivity contribution in [3.05, 3.63) is 73.4 Å². The van der Waals surface area contributed by atoms with Crippen molar-refractivity contribution >= 4 is 80.1 Å². The van der Waals surface area contributed by atoms with Gasteiger partial charge in [-0.3, -0.25) is 14.5 Å². The van der Waals surface area contributed by atoms with Crippen LogP contribution >= 0.6 is 47.2 Å². The fourth-order valence-electron chi connectivity index (χ4n) is 2.91. The number of amides is 1. The monoisotopic (exact) mass is 463 g/mol. The fraction of sp³-hybridized carbons (Fsp3) is 0.0500. The van der Waals surface area contributed by atoms with Crippen LogP contribution in [-0.2, 0) is 4.79 Å². The minimum absolute atomic E-state index is 0.191. The van der Waals surface area contributed by atoms with Gasteiger partial charge in [0.25, 0.3) is 5.91 Å². The number of rotatable bonds is 3. The van der Waals surface area contributed by atoms with E-state index in [1.165, 1.54) is 36.5 Å². The zero-order valence-electron chi connectivity index (χ0n) is 14.8. The number of thioether (sulfide) groups is 1. The van der Waals surface area contributed by atoms with Gasteiger partial charge in [-0.15, -0.1) is 0 Å². The number of para-hydroxylation sites is 2. The smallest absolute Gasteiger partial charge is 0.270 e. The highest BCUT2D eigenvalue weighted by Crippen LogP contribution is 2.39. The van der Waals surface area contributed by atoms with E-state index in [-0.39, 0.29) is 32.9 Å². The second-order valence-electron chi connectivity index (χ2n) is 5.97. The highest BCUT2D eigenvalue weighted by molar-refractivity contribution is 8.27. The number of nitrogens with zero attached hydrogens (tertiary/aromatic N) is 1. The van der Waals surface area contributed by atoms with Crippen molar-refractivity contribution in [2.24, 2.45) is 0 Å². The summed E-state index contributed by atoms with van der Waals surface area (Å²) in [5.41, 5.74) is 0.611. The Morgan fingerprint density at radius 1 is 1.21 bits per heavy atom. The number of methoxy groups -OCH3 is 1. The lowest BCUT2D eigenvalue weighted by Crippen LogP contribution is -2.27. The van der Waals surface area contributed by atoms with E-state index in [0.29, 0.717) is 25.7 Å². The lowest BCUT2D eigenvalue weighted by atomic mass is 10.1. The Hall–Kier alpha value is -2.32. The van der Waals surface area contributed by atoms with Gasteiger partial charge in [0.2, 0.25) is 0 Å². The number of hydrogen-bond acceptors (Lipinski definition) is 6. The summed E-state index contributed by atoms with van der Waals surface area (Å²) in [6.45, 7) is 0. The zero-order valence-corrected chi connectivity index (χ0v) is 17.9. The molecule has 1 aliphatic heterocycles. The van der Waals surface area contributed by atoms with E-state index >= 15 is 0 Å². The van der Waals surface area contributed by atoms with Crippen molar-refractivity contribution in [3.8, 4) is 5.75 Å². The predicted molar refractivity (Wildman–Crippen MR) is 121 cm³/mol. The number of thiocarbonyl (C=S) groups is 1. The van der Waals surface area contributed by atoms with Crippen LogP contribution in [0.1, 0.15) is 5.56 Å². The topological polar surface area (TPSA) is 59.8 Å². The van der Waals surface area contributed by atoms with Crippen molar-refractivity contribution < 1.29 is 13.9 Å². The highest BCUT2D eigenvalue weighted by atomic mass is 35.5. The van der Waals surface area contributed by atoms with Gasteiger partial charge in [-0.25, -0.2) is 0 Å². The molecule has 2 heterocycles. The molecule has 2 aromatic carbocycles. The number of hydrogen-bond donors (Lipinski definition) is 0. The van der Waals surface area contributed by atoms with Gasteiger partial charge < -0.3 is 9.15 Å². The molecule has 3 aromatic rings. The largest absolute Gasteiger partial charge is 0.495 e. The molecule has 0 aliphatic carbocycles. The van der Waals surface area contributed by atoms with Crippen LogP contribution in [0.3, 0.4) is 0 Å². The molecule has 146 valence electrons. The number of benzene rings is 2. The molecule has 1 fully saturated rings. The summed E-state index contributed by atoms with van der Waals surface area (Å²) in [7, 11) is 1.52. The summed E-state index contributed by atoms with van der Waals surface area (Å²) >= 11 is 18.6. The van der Waals surface area contributed by atoms with Gasteiger partial charge in [-0.1, -0.05) is 59.3 Å². The molecule has 4 rings (SSSR count). The minimum Gasteiger partial charge on any atom is -0.495 e. The molecule has 1 aromatic heterocycles. The quantitative estimate of drug-likeness (QED) is 0.376. The summed E-state index contributed by atoms with van der Waals surface area (Å²) in [5, 5.41) is 0.782. The Morgan fingerprint density at radius 2 is 1.97 bits per heavy atom. The second-order valence-corrected chi connectivity index (χ2v) is 8.49. The van der Waals surface area contributed by atoms with E-state index in [2.05, 4.69) is 0 Å². The first-order valence-corrected chi connectivity index (χ1v) is 10.2. The third-order valence-corrected chi connectivity index (χ3v) is 6.03. The van der Waals surface area contributed by atoms with Crippen LogP contribution in [0.15, 0.2) is 56.8 Å². The van der Waals surface area contributed by atoms with Gasteiger partial charge >= 0.3 is 0 Å². The number of fused-ring (bicyclic) bond motifs is 1. The first-order chi connectivity index (χ1) is 13.9. The van der Waals surface area contributed by atoms with Gasteiger partial charge in [0, 0.05) is 5.02 Å². The lowest BCUT2D eigenvalue weighted by molar-refractivity contribution is -0.113. The Kier molecular flexibility index (Phi) is 5.40. The summed E-state index contributed by atoms with van der Waals surface area (Å²) in [6.07, 6.45) is 2.72. The van der Waals surface area contributed by atoms with Crippen LogP contribution in [0.2, 0.25) is 10.0 Å². The van der Waals surface area contributed by atoms with Crippen LogP contribution < -0.4 is 15.1 Å². The average molecular weight is 464 g/mol. The molecule has 1 aliphatic rings. The fourth-order valence-corrected chi connectivity index (χ4v) is 4.72. The molecule has 0 unspecified atom stereocenters. The first kappa shape index (κ1) is 20.0. The maximum Gasteiger partial charge on any atom is 0.270 e. The van der Waals surface area contributed by atoms with E-state index in [0.717, 1.165) is 11.8 Å². The van der Waals surface area contributed by atoms with Gasteiger partial charge in [-0.2, -0.15) is 0 Å². The standard InChI is InChI=1S/C20H11Cl2NO4S2/c1-26-15-5-3-2-4-14(15)23-19(25)16(29-20(23)28)6-10-9-27-18-12(17(10)24)7-11(21)8-13(18)22/h2-9H,1H3/b16-6-. The van der Waals surface area contributed by atoms with Crippen LogP contribution in [0.5, 0.6) is 5.75 Å². The minimum atomic E-state index is -0.354. The van der Waals surface area contributed by atoms with Crippen LogP contribution in [-0.4, -0.2) is 17.3 Å². The summed E-state index contributed by atoms with van der Waals surface area (Å²) < 4.78 is 11.2. The van der Waals surface area contributed by atoms with E-state index in [4.69, 9.17) is 44.6 Å². The number of carbonyl (C=O) groups is 1. The Bertz CT molecular complexity index is 1270. The first-order valence-electron chi connectivity index (χ1n) is 8.22. The Morgan fingerprint density at radius 3 is 2.72 bits per heavy atom. The Balaban J connectivity index is 1.78. The Labute approximate surface area is 184 Å². The molecule has 0 spiro atoms. The molecule has 1 saturated heterocycles. The van der Waals surface area contributed by atoms with Crippen molar-refractivity contribution in [3.63, 3.8) is 0 Å². The highest BCUT2D eigenvalue weighted by Gasteiger charge is 2.35. The van der Waals surface area contributed by atoms with Crippen molar-refractivity contribution in [2.75, 3.05) is 12.0 Å².